The van der Waals surface area contributed by atoms with Crippen molar-refractivity contribution in [1.29, 1.82) is 0 Å². The lowest BCUT2D eigenvalue weighted by atomic mass is 9.72. The van der Waals surface area contributed by atoms with Gasteiger partial charge in [-0.15, -0.1) is 0 Å². The summed E-state index contributed by atoms with van der Waals surface area (Å²) in [7, 11) is -2.77. The number of phenols is 2. The van der Waals surface area contributed by atoms with Crippen LogP contribution in [0.25, 0.3) is 10.8 Å². The Hall–Kier alpha value is -4.78. The summed E-state index contributed by atoms with van der Waals surface area (Å²) in [6.45, 7) is 0.560. The molecule has 280 valence electrons. The summed E-state index contributed by atoms with van der Waals surface area (Å²) in [6, 6.07) is 15.5. The van der Waals surface area contributed by atoms with Gasteiger partial charge in [-0.1, -0.05) is 42.5 Å². The van der Waals surface area contributed by atoms with E-state index in [2.05, 4.69) is 0 Å². The Morgan fingerprint density at radius 3 is 2.30 bits per heavy atom. The fourth-order valence-electron chi connectivity index (χ4n) is 7.08. The van der Waals surface area contributed by atoms with Crippen LogP contribution in [0.2, 0.25) is 0 Å². The lowest BCUT2D eigenvalue weighted by Gasteiger charge is -2.42. The molecule has 0 saturated carbocycles. The molecule has 16 heteroatoms. The van der Waals surface area contributed by atoms with Crippen molar-refractivity contribution in [3.8, 4) is 17.2 Å². The number of carbonyl (C=O) groups is 3. The topological polar surface area (TPSA) is 260 Å². The molecule has 8 N–H and O–H groups in total. The Bertz CT molecular complexity index is 2240. The lowest BCUT2D eigenvalue weighted by Crippen LogP contribution is -2.53. The zero-order chi connectivity index (χ0) is 38.6. The number of phenolic OH excluding ortho intramolecular Hbond substituents is 2. The van der Waals surface area contributed by atoms with Crippen molar-refractivity contribution in [1.82, 2.24) is 0 Å². The molecule has 53 heavy (non-hydrogen) atoms. The van der Waals surface area contributed by atoms with E-state index < -0.39 is 106 Å². The van der Waals surface area contributed by atoms with Gasteiger partial charge in [0.15, 0.2) is 17.9 Å². The number of fused-ring (bicyclic) bond motifs is 4. The minimum Gasteiger partial charge on any atom is -0.507 e. The van der Waals surface area contributed by atoms with E-state index in [-0.39, 0.29) is 39.3 Å². The van der Waals surface area contributed by atoms with Gasteiger partial charge in [0.1, 0.15) is 29.5 Å². The number of carbonyl (C=O) groups excluding carboxylic acids is 3. The highest BCUT2D eigenvalue weighted by Crippen LogP contribution is 2.52. The molecule has 0 unspecified atom stereocenters. The van der Waals surface area contributed by atoms with Crippen LogP contribution in [0.5, 0.6) is 17.2 Å². The van der Waals surface area contributed by atoms with Crippen molar-refractivity contribution >= 4 is 38.2 Å². The van der Waals surface area contributed by atoms with Gasteiger partial charge in [-0.3, -0.25) is 18.9 Å². The standard InChI is InChI=1S/C27H29NO11.C10H8O3S/c1-10-22(31)13(28)6-17(38-10)39-15-8-27(36,16(30)9-29)7-12-19(15)26(35)21-20(24(12)33)23(32)11-4-3-5-14(37-2)18(11)25(21)34;11-14(12,13)10-6-5-8-3-1-2-4-9(8)7-10/h3-5,10,13,15,17,22,29,31,33,35-36H,6-9,28H2,1-2H3;1-7H,(H,11,12,13)/t10-,13-,15-,17-,22+,27-;/m0./s1. The van der Waals surface area contributed by atoms with E-state index in [1.54, 1.807) is 19.1 Å². The number of ether oxygens (including phenoxy) is 3. The summed E-state index contributed by atoms with van der Waals surface area (Å²) in [6.07, 6.45) is -5.12. The molecule has 0 spiro atoms. The third-order valence-electron chi connectivity index (χ3n) is 9.82. The molecule has 1 aliphatic heterocycles. The molecule has 0 amide bonds. The number of hydrogen-bond donors (Lipinski definition) is 7. The Morgan fingerprint density at radius 1 is 0.981 bits per heavy atom. The summed E-state index contributed by atoms with van der Waals surface area (Å²) in [4.78, 5) is 39.7. The molecule has 1 fully saturated rings. The molecule has 7 rings (SSSR count). The summed E-state index contributed by atoms with van der Waals surface area (Å²) in [5.41, 5.74) is 2.37. The zero-order valence-electron chi connectivity index (χ0n) is 28.4. The van der Waals surface area contributed by atoms with Gasteiger partial charge in [-0.05, 0) is 35.9 Å². The number of Topliss-reactive ketones (excluding diaryl/α,β-unsaturated/α-hetero) is 1. The second kappa shape index (κ2) is 14.2. The van der Waals surface area contributed by atoms with Gasteiger partial charge in [0, 0.05) is 42.0 Å². The predicted molar refractivity (Wildman–Crippen MR) is 186 cm³/mol. The summed E-state index contributed by atoms with van der Waals surface area (Å²) in [5.74, 6) is -3.77. The van der Waals surface area contributed by atoms with Crippen molar-refractivity contribution in [2.75, 3.05) is 13.7 Å². The highest BCUT2D eigenvalue weighted by molar-refractivity contribution is 7.85. The number of methoxy groups -OCH3 is 1. The van der Waals surface area contributed by atoms with Crippen LogP contribution in [-0.4, -0.2) is 99.7 Å². The monoisotopic (exact) mass is 751 g/mol. The highest BCUT2D eigenvalue weighted by atomic mass is 32.2. The first-order valence-corrected chi connectivity index (χ1v) is 17.9. The predicted octanol–water partition coefficient (Wildman–Crippen LogP) is 2.09. The van der Waals surface area contributed by atoms with E-state index in [0.717, 1.165) is 10.8 Å². The second-order valence-corrected chi connectivity index (χ2v) is 14.6. The molecule has 0 bridgehead atoms. The molecular formula is C37H37NO14S. The molecule has 0 aromatic heterocycles. The van der Waals surface area contributed by atoms with Crippen molar-refractivity contribution < 1.29 is 67.1 Å². The van der Waals surface area contributed by atoms with E-state index in [4.69, 9.17) is 24.5 Å². The van der Waals surface area contributed by atoms with E-state index in [1.165, 1.54) is 37.4 Å². The van der Waals surface area contributed by atoms with Gasteiger partial charge in [0.05, 0.1) is 47.0 Å². The first-order valence-electron chi connectivity index (χ1n) is 16.4. The van der Waals surface area contributed by atoms with E-state index in [0.29, 0.717) is 0 Å². The Morgan fingerprint density at radius 2 is 1.66 bits per heavy atom. The number of ketones is 3. The zero-order valence-corrected chi connectivity index (χ0v) is 29.2. The number of aliphatic hydroxyl groups excluding tert-OH is 2. The molecule has 6 atom stereocenters. The smallest absolute Gasteiger partial charge is 0.294 e. The summed E-state index contributed by atoms with van der Waals surface area (Å²) >= 11 is 0. The van der Waals surface area contributed by atoms with Crippen LogP contribution in [-0.2, 0) is 30.8 Å². The van der Waals surface area contributed by atoms with Crippen LogP contribution < -0.4 is 10.5 Å². The number of nitrogens with two attached hydrogens (primary N) is 1. The number of aliphatic hydroxyl groups is 3. The van der Waals surface area contributed by atoms with Gasteiger partial charge in [-0.2, -0.15) is 8.42 Å². The minimum absolute atomic E-state index is 0.0173. The maximum atomic E-state index is 13.6. The molecule has 4 aromatic rings. The maximum Gasteiger partial charge on any atom is 0.294 e. The van der Waals surface area contributed by atoms with Crippen molar-refractivity contribution in [3.05, 3.63) is 94.0 Å². The molecule has 15 nitrogen and oxygen atoms in total. The third kappa shape index (κ3) is 6.79. The highest BCUT2D eigenvalue weighted by Gasteiger charge is 2.50. The Labute approximate surface area is 302 Å². The first kappa shape index (κ1) is 38.0. The van der Waals surface area contributed by atoms with Crippen LogP contribution in [0.3, 0.4) is 0 Å². The fourth-order valence-corrected chi connectivity index (χ4v) is 7.59. The maximum absolute atomic E-state index is 13.6. The first-order chi connectivity index (χ1) is 25.0. The number of rotatable bonds is 6. The van der Waals surface area contributed by atoms with E-state index in [9.17, 15) is 48.3 Å². The van der Waals surface area contributed by atoms with Gasteiger partial charge >= 0.3 is 0 Å². The molecule has 1 heterocycles. The van der Waals surface area contributed by atoms with Crippen LogP contribution in [0.1, 0.15) is 68.8 Å². The normalized spacial score (nSPS) is 25.1. The summed E-state index contributed by atoms with van der Waals surface area (Å²) in [5, 5.41) is 55.4. The van der Waals surface area contributed by atoms with Gasteiger partial charge < -0.3 is 45.5 Å². The third-order valence-corrected chi connectivity index (χ3v) is 10.7. The van der Waals surface area contributed by atoms with Crippen molar-refractivity contribution in [2.45, 2.75) is 67.3 Å². The molecule has 4 aromatic carbocycles. The lowest BCUT2D eigenvalue weighted by molar-refractivity contribution is -0.247. The van der Waals surface area contributed by atoms with Crippen LogP contribution in [0.4, 0.5) is 0 Å². The summed E-state index contributed by atoms with van der Waals surface area (Å²) < 4.78 is 47.5. The van der Waals surface area contributed by atoms with Crippen molar-refractivity contribution in [3.63, 3.8) is 0 Å². The SMILES string of the molecule is COc1cccc2c1C(=O)c1c(O)c3c(c(O)c1C2=O)C[C@@](O)(C(=O)CO)C[C@@H]3O[C@H]1C[C@H](N)[C@H](O)[C@H](C)O1.O=S(=O)(O)c1ccc2ccccc2c1. The minimum atomic E-state index is -4.09. The fraction of sp³-hybridized carbons (Fsp3) is 0.324. The van der Waals surface area contributed by atoms with Gasteiger partial charge in [0.25, 0.3) is 10.1 Å². The average molecular weight is 752 g/mol. The van der Waals surface area contributed by atoms with Crippen LogP contribution >= 0.6 is 0 Å². The largest absolute Gasteiger partial charge is 0.507 e. The molecular weight excluding hydrogens is 714 g/mol. The van der Waals surface area contributed by atoms with E-state index in [1.807, 2.05) is 18.2 Å². The molecule has 3 aliphatic rings. The molecule has 0 radical (unpaired) electrons. The van der Waals surface area contributed by atoms with Gasteiger partial charge in [0.2, 0.25) is 5.78 Å². The Balaban J connectivity index is 0.000000286. The molecule has 1 saturated heterocycles. The van der Waals surface area contributed by atoms with Gasteiger partial charge in [-0.25, -0.2) is 0 Å². The second-order valence-electron chi connectivity index (χ2n) is 13.1. The van der Waals surface area contributed by atoms with Crippen LogP contribution in [0, 0.1) is 0 Å². The average Bonchev–Trinajstić information content (AvgIpc) is 3.13. The quantitative estimate of drug-likeness (QED) is 0.0968. The number of benzene rings is 4. The number of aromatic hydroxyl groups is 2. The Kier molecular flexibility index (Phi) is 10.2. The van der Waals surface area contributed by atoms with E-state index >= 15 is 0 Å². The van der Waals surface area contributed by atoms with Crippen molar-refractivity contribution in [2.24, 2.45) is 5.73 Å². The number of hydrogen-bond acceptors (Lipinski definition) is 14. The molecule has 2 aliphatic carbocycles. The van der Waals surface area contributed by atoms with Crippen LogP contribution in [0.15, 0.2) is 65.6 Å².